The number of nitrogens with zero attached hydrogens (tertiary/aromatic N) is 1. The Labute approximate surface area is 236 Å². The van der Waals surface area contributed by atoms with Crippen LogP contribution in [-0.2, 0) is 32.1 Å². The topological polar surface area (TPSA) is 108 Å². The lowest BCUT2D eigenvalue weighted by molar-refractivity contribution is -0.150. The van der Waals surface area contributed by atoms with Crippen LogP contribution in [0.25, 0.3) is 0 Å². The van der Waals surface area contributed by atoms with Gasteiger partial charge in [-0.05, 0) is 50.7 Å². The molecule has 3 N–H and O–H groups in total. The summed E-state index contributed by atoms with van der Waals surface area (Å²) in [7, 11) is 0. The number of amides is 3. The van der Waals surface area contributed by atoms with E-state index in [4.69, 9.17) is 4.74 Å². The smallest absolute Gasteiger partial charge is 0.246 e. The second kappa shape index (κ2) is 11.3. The third-order valence-electron chi connectivity index (χ3n) is 9.08. The SMILES string of the molecule is CCCC(C)NC(=O)C1N([C@@H](CO)Cc2ccccc2)C(=O)[C@@H]2[C@@H](C(=O)NCc3ccccc3)[C@@]3(C)CCC12O3. The molecule has 0 radical (unpaired) electrons. The number of rotatable bonds is 11. The van der Waals surface area contributed by atoms with Gasteiger partial charge in [0.15, 0.2) is 0 Å². The molecule has 7 atom stereocenters. The van der Waals surface area contributed by atoms with Crippen LogP contribution < -0.4 is 10.6 Å². The van der Waals surface area contributed by atoms with Crippen molar-refractivity contribution >= 4 is 17.7 Å². The van der Waals surface area contributed by atoms with Crippen LogP contribution in [0.3, 0.4) is 0 Å². The largest absolute Gasteiger partial charge is 0.394 e. The summed E-state index contributed by atoms with van der Waals surface area (Å²) in [6, 6.07) is 17.6. The summed E-state index contributed by atoms with van der Waals surface area (Å²) in [5.41, 5.74) is -0.0587. The van der Waals surface area contributed by atoms with Crippen molar-refractivity contribution in [2.24, 2.45) is 11.8 Å². The molecule has 3 unspecified atom stereocenters. The minimum atomic E-state index is -1.12. The molecule has 3 aliphatic rings. The van der Waals surface area contributed by atoms with E-state index in [-0.39, 0.29) is 30.4 Å². The molecule has 40 heavy (non-hydrogen) atoms. The number of ether oxygens (including phenoxy) is 1. The van der Waals surface area contributed by atoms with E-state index < -0.39 is 35.1 Å². The van der Waals surface area contributed by atoms with Gasteiger partial charge in [0, 0.05) is 12.6 Å². The van der Waals surface area contributed by atoms with Crippen LogP contribution in [0.2, 0.25) is 0 Å². The van der Waals surface area contributed by atoms with Gasteiger partial charge in [-0.1, -0.05) is 74.0 Å². The number of aliphatic hydroxyl groups is 1. The first kappa shape index (κ1) is 28.3. The quantitative estimate of drug-likeness (QED) is 0.401. The summed E-state index contributed by atoms with van der Waals surface area (Å²) in [5.74, 6) is -2.35. The number of carbonyl (C=O) groups excluding carboxylic acids is 3. The molecular weight excluding hydrogens is 506 g/mol. The first-order valence-corrected chi connectivity index (χ1v) is 14.5. The molecule has 2 aromatic rings. The highest BCUT2D eigenvalue weighted by Crippen LogP contribution is 2.63. The third-order valence-corrected chi connectivity index (χ3v) is 9.08. The second-order valence-corrected chi connectivity index (χ2v) is 11.9. The van der Waals surface area contributed by atoms with Crippen LogP contribution in [0.15, 0.2) is 60.7 Å². The Balaban J connectivity index is 1.49. The summed E-state index contributed by atoms with van der Waals surface area (Å²) in [4.78, 5) is 43.7. The molecule has 5 rings (SSSR count). The highest BCUT2D eigenvalue weighted by molar-refractivity contribution is 5.99. The Morgan fingerprint density at radius 2 is 1.70 bits per heavy atom. The number of carbonyl (C=O) groups is 3. The maximum atomic E-state index is 14.4. The molecule has 3 heterocycles. The molecule has 214 valence electrons. The molecule has 8 nitrogen and oxygen atoms in total. The number of aliphatic hydroxyl groups excluding tert-OH is 1. The molecular formula is C32H41N3O5. The lowest BCUT2D eigenvalue weighted by atomic mass is 9.66. The van der Waals surface area contributed by atoms with Crippen molar-refractivity contribution in [2.75, 3.05) is 6.61 Å². The maximum absolute atomic E-state index is 14.4. The van der Waals surface area contributed by atoms with Crippen molar-refractivity contribution < 1.29 is 24.2 Å². The highest BCUT2D eigenvalue weighted by atomic mass is 16.5. The summed E-state index contributed by atoms with van der Waals surface area (Å²) >= 11 is 0. The number of likely N-dealkylation sites (tertiary alicyclic amines) is 1. The molecule has 0 aromatic heterocycles. The normalized spacial score (nSPS) is 30.1. The molecule has 3 fully saturated rings. The molecule has 3 aliphatic heterocycles. The predicted molar refractivity (Wildman–Crippen MR) is 151 cm³/mol. The van der Waals surface area contributed by atoms with E-state index in [0.29, 0.717) is 25.8 Å². The van der Waals surface area contributed by atoms with Crippen LogP contribution in [0, 0.1) is 11.8 Å². The Hall–Kier alpha value is -3.23. The molecule has 0 saturated carbocycles. The first-order chi connectivity index (χ1) is 19.2. The Kier molecular flexibility index (Phi) is 8.02. The number of hydrogen-bond donors (Lipinski definition) is 3. The van der Waals surface area contributed by atoms with Gasteiger partial charge in [-0.2, -0.15) is 0 Å². The standard InChI is InChI=1S/C32H41N3O5/c1-4-11-21(2)34-29(38)27-32-17-16-31(3,40-32)25(28(37)33-19-23-14-9-6-10-15-23)26(32)30(39)35(27)24(20-36)18-22-12-7-5-8-13-22/h5-10,12-15,21,24-27,36H,4,11,16-20H2,1-3H3,(H,33,37)(H,34,38)/t21?,24-,25+,26+,27?,31-,32?/m1/s1. The van der Waals surface area contributed by atoms with E-state index in [1.807, 2.05) is 74.5 Å². The van der Waals surface area contributed by atoms with Gasteiger partial charge in [-0.3, -0.25) is 14.4 Å². The lowest BCUT2D eigenvalue weighted by Gasteiger charge is -2.37. The number of fused-ring (bicyclic) bond motifs is 1. The minimum absolute atomic E-state index is 0.0780. The molecule has 8 heteroatoms. The van der Waals surface area contributed by atoms with Crippen molar-refractivity contribution in [3.05, 3.63) is 71.8 Å². The van der Waals surface area contributed by atoms with E-state index in [2.05, 4.69) is 17.6 Å². The molecule has 0 aliphatic carbocycles. The van der Waals surface area contributed by atoms with Crippen LogP contribution >= 0.6 is 0 Å². The molecule has 2 bridgehead atoms. The van der Waals surface area contributed by atoms with Gasteiger partial charge in [0.25, 0.3) is 0 Å². The van der Waals surface area contributed by atoms with E-state index in [1.54, 1.807) is 4.90 Å². The van der Waals surface area contributed by atoms with Crippen molar-refractivity contribution in [3.8, 4) is 0 Å². The minimum Gasteiger partial charge on any atom is -0.394 e. The van der Waals surface area contributed by atoms with Gasteiger partial charge in [-0.15, -0.1) is 0 Å². The van der Waals surface area contributed by atoms with Gasteiger partial charge in [0.05, 0.1) is 30.1 Å². The highest BCUT2D eigenvalue weighted by Gasteiger charge is 2.78. The monoisotopic (exact) mass is 547 g/mol. The van der Waals surface area contributed by atoms with Crippen LogP contribution in [0.4, 0.5) is 0 Å². The van der Waals surface area contributed by atoms with E-state index in [1.165, 1.54) is 0 Å². The summed E-state index contributed by atoms with van der Waals surface area (Å²) < 4.78 is 6.71. The Bertz CT molecular complexity index is 1220. The van der Waals surface area contributed by atoms with Crippen molar-refractivity contribution in [2.45, 2.75) is 88.7 Å². The second-order valence-electron chi connectivity index (χ2n) is 11.9. The Morgan fingerprint density at radius 3 is 2.33 bits per heavy atom. The zero-order valence-corrected chi connectivity index (χ0v) is 23.6. The van der Waals surface area contributed by atoms with Crippen molar-refractivity contribution in [1.82, 2.24) is 15.5 Å². The summed E-state index contributed by atoms with van der Waals surface area (Å²) in [5, 5.41) is 16.7. The summed E-state index contributed by atoms with van der Waals surface area (Å²) in [6.07, 6.45) is 3.18. The van der Waals surface area contributed by atoms with Gasteiger partial charge in [0.2, 0.25) is 17.7 Å². The van der Waals surface area contributed by atoms with E-state index in [0.717, 1.165) is 24.0 Å². The number of hydrogen-bond acceptors (Lipinski definition) is 5. The zero-order valence-electron chi connectivity index (χ0n) is 23.6. The van der Waals surface area contributed by atoms with Crippen molar-refractivity contribution in [1.29, 1.82) is 0 Å². The molecule has 2 aromatic carbocycles. The zero-order chi connectivity index (χ0) is 28.5. The van der Waals surface area contributed by atoms with Gasteiger partial charge in [-0.25, -0.2) is 0 Å². The van der Waals surface area contributed by atoms with Crippen LogP contribution in [0.5, 0.6) is 0 Å². The maximum Gasteiger partial charge on any atom is 0.246 e. The fourth-order valence-electron chi connectivity index (χ4n) is 7.32. The Morgan fingerprint density at radius 1 is 1.05 bits per heavy atom. The van der Waals surface area contributed by atoms with Gasteiger partial charge in [0.1, 0.15) is 11.6 Å². The fourth-order valence-corrected chi connectivity index (χ4v) is 7.32. The molecule has 3 amide bonds. The first-order valence-electron chi connectivity index (χ1n) is 14.5. The average molecular weight is 548 g/mol. The molecule has 3 saturated heterocycles. The third kappa shape index (κ3) is 4.92. The van der Waals surface area contributed by atoms with Crippen LogP contribution in [-0.4, -0.2) is 63.7 Å². The lowest BCUT2D eigenvalue weighted by Crippen LogP contribution is -2.59. The average Bonchev–Trinajstić information content (AvgIpc) is 3.52. The fraction of sp³-hybridized carbons (Fsp3) is 0.531. The molecule has 1 spiro atoms. The number of benzene rings is 2. The van der Waals surface area contributed by atoms with E-state index in [9.17, 15) is 19.5 Å². The summed E-state index contributed by atoms with van der Waals surface area (Å²) in [6.45, 7) is 5.95. The van der Waals surface area contributed by atoms with Gasteiger partial charge < -0.3 is 25.4 Å². The van der Waals surface area contributed by atoms with Crippen molar-refractivity contribution in [3.63, 3.8) is 0 Å². The number of nitrogens with one attached hydrogen (secondary N) is 2. The van der Waals surface area contributed by atoms with E-state index >= 15 is 0 Å². The predicted octanol–water partition coefficient (Wildman–Crippen LogP) is 2.98. The van der Waals surface area contributed by atoms with Crippen LogP contribution in [0.1, 0.15) is 57.6 Å². The van der Waals surface area contributed by atoms with Gasteiger partial charge >= 0.3 is 0 Å².